The van der Waals surface area contributed by atoms with E-state index in [4.69, 9.17) is 9.47 Å². The van der Waals surface area contributed by atoms with Crippen LogP contribution in [0.3, 0.4) is 0 Å². The van der Waals surface area contributed by atoms with Crippen LogP contribution in [0.25, 0.3) is 0 Å². The molecule has 1 fully saturated rings. The number of anilines is 1. The van der Waals surface area contributed by atoms with E-state index in [1.807, 2.05) is 65.6 Å². The molecule has 168 valence electrons. The lowest BCUT2D eigenvalue weighted by Crippen LogP contribution is -2.48. The molecule has 0 aromatic heterocycles. The minimum Gasteiger partial charge on any atom is -0.497 e. The Morgan fingerprint density at radius 1 is 0.939 bits per heavy atom. The van der Waals surface area contributed by atoms with E-state index in [2.05, 4.69) is 4.90 Å². The highest BCUT2D eigenvalue weighted by atomic mass is 16.5. The zero-order valence-electron chi connectivity index (χ0n) is 18.6. The lowest BCUT2D eigenvalue weighted by Gasteiger charge is -2.36. The van der Waals surface area contributed by atoms with Crippen molar-refractivity contribution in [3.8, 4) is 5.75 Å². The Morgan fingerprint density at radius 2 is 1.67 bits per heavy atom. The first kappa shape index (κ1) is 21.1. The first-order valence-electron chi connectivity index (χ1n) is 11.2. The maximum Gasteiger partial charge on any atom is 0.339 e. The van der Waals surface area contributed by atoms with Gasteiger partial charge in [-0.25, -0.2) is 4.79 Å². The second kappa shape index (κ2) is 8.98. The number of hydrogen-bond acceptors (Lipinski definition) is 5. The van der Waals surface area contributed by atoms with Crippen molar-refractivity contribution in [1.82, 2.24) is 4.90 Å². The van der Waals surface area contributed by atoms with Crippen LogP contribution in [0.1, 0.15) is 37.9 Å². The molecule has 0 spiro atoms. The van der Waals surface area contributed by atoms with Gasteiger partial charge in [0.25, 0.3) is 5.91 Å². The van der Waals surface area contributed by atoms with E-state index in [1.54, 1.807) is 19.2 Å². The molecule has 3 aromatic rings. The van der Waals surface area contributed by atoms with Crippen molar-refractivity contribution in [3.05, 3.63) is 95.1 Å². The molecule has 2 heterocycles. The van der Waals surface area contributed by atoms with Crippen molar-refractivity contribution in [2.24, 2.45) is 0 Å². The molecule has 2 aliphatic heterocycles. The highest BCUT2D eigenvalue weighted by Crippen LogP contribution is 2.31. The van der Waals surface area contributed by atoms with Crippen LogP contribution in [-0.4, -0.2) is 50.1 Å². The third-order valence-corrected chi connectivity index (χ3v) is 6.40. The fourth-order valence-electron chi connectivity index (χ4n) is 4.53. The molecule has 0 saturated carbocycles. The highest BCUT2D eigenvalue weighted by molar-refractivity contribution is 5.98. The number of nitrogens with zero attached hydrogens (tertiary/aromatic N) is 2. The third kappa shape index (κ3) is 4.29. The Balaban J connectivity index is 1.27. The summed E-state index contributed by atoms with van der Waals surface area (Å²) in [7, 11) is 1.66. The van der Waals surface area contributed by atoms with Gasteiger partial charge in [0.1, 0.15) is 11.9 Å². The van der Waals surface area contributed by atoms with Crippen LogP contribution < -0.4 is 9.64 Å². The van der Waals surface area contributed by atoms with Crippen LogP contribution in [0.5, 0.6) is 5.75 Å². The molecule has 0 radical (unpaired) electrons. The summed E-state index contributed by atoms with van der Waals surface area (Å²) in [6, 6.07) is 23.0. The molecule has 6 heteroatoms. The molecule has 0 aliphatic carbocycles. The summed E-state index contributed by atoms with van der Waals surface area (Å²) in [6.07, 6.45) is 0.238. The topological polar surface area (TPSA) is 59.1 Å². The van der Waals surface area contributed by atoms with Gasteiger partial charge in [0, 0.05) is 43.9 Å². The maximum atomic E-state index is 13.2. The summed E-state index contributed by atoms with van der Waals surface area (Å²) in [5.41, 5.74) is 4.11. The number of rotatable bonds is 4. The van der Waals surface area contributed by atoms with E-state index >= 15 is 0 Å². The SMILES string of the molecule is COc1ccc(N2CCN(C(=O)c3ccc4c(c3)C[C@@H](c3ccccc3)OC4=O)CC2)cc1. The lowest BCUT2D eigenvalue weighted by atomic mass is 9.93. The first-order chi connectivity index (χ1) is 16.1. The average molecular weight is 443 g/mol. The molecule has 5 rings (SSSR count). The Kier molecular flexibility index (Phi) is 5.73. The Morgan fingerprint density at radius 3 is 2.36 bits per heavy atom. The van der Waals surface area contributed by atoms with Gasteiger partial charge in [-0.15, -0.1) is 0 Å². The molecule has 2 aliphatic rings. The van der Waals surface area contributed by atoms with Gasteiger partial charge in [-0.05, 0) is 53.6 Å². The minimum absolute atomic E-state index is 0.00221. The number of ether oxygens (including phenoxy) is 2. The first-order valence-corrected chi connectivity index (χ1v) is 11.2. The van der Waals surface area contributed by atoms with Crippen molar-refractivity contribution in [2.75, 3.05) is 38.2 Å². The number of cyclic esters (lactones) is 1. The zero-order chi connectivity index (χ0) is 22.8. The Bertz CT molecular complexity index is 1150. The number of benzene rings is 3. The maximum absolute atomic E-state index is 13.2. The number of piperazine rings is 1. The summed E-state index contributed by atoms with van der Waals surface area (Å²) in [6.45, 7) is 2.84. The van der Waals surface area contributed by atoms with Gasteiger partial charge in [0.2, 0.25) is 0 Å². The van der Waals surface area contributed by atoms with Crippen LogP contribution in [0.2, 0.25) is 0 Å². The smallest absolute Gasteiger partial charge is 0.339 e. The van der Waals surface area contributed by atoms with Crippen LogP contribution in [0.15, 0.2) is 72.8 Å². The summed E-state index contributed by atoms with van der Waals surface area (Å²) < 4.78 is 10.9. The molecule has 3 aromatic carbocycles. The van der Waals surface area contributed by atoms with Crippen LogP contribution >= 0.6 is 0 Å². The number of hydrogen-bond donors (Lipinski definition) is 0. The van der Waals surface area contributed by atoms with Gasteiger partial charge in [-0.1, -0.05) is 30.3 Å². The molecule has 0 bridgehead atoms. The monoisotopic (exact) mass is 442 g/mol. The zero-order valence-corrected chi connectivity index (χ0v) is 18.6. The van der Waals surface area contributed by atoms with Gasteiger partial charge >= 0.3 is 5.97 Å². The van der Waals surface area contributed by atoms with E-state index in [9.17, 15) is 9.59 Å². The number of amides is 1. The summed E-state index contributed by atoms with van der Waals surface area (Å²) in [5.74, 6) is 0.498. The van der Waals surface area contributed by atoms with Gasteiger partial charge in [0.15, 0.2) is 0 Å². The highest BCUT2D eigenvalue weighted by Gasteiger charge is 2.29. The summed E-state index contributed by atoms with van der Waals surface area (Å²) in [4.78, 5) is 29.9. The number of esters is 1. The minimum atomic E-state index is -0.336. The summed E-state index contributed by atoms with van der Waals surface area (Å²) >= 11 is 0. The predicted molar refractivity (Wildman–Crippen MR) is 126 cm³/mol. The molecule has 33 heavy (non-hydrogen) atoms. The fraction of sp³-hybridized carbons (Fsp3) is 0.259. The van der Waals surface area contributed by atoms with Crippen molar-refractivity contribution in [1.29, 1.82) is 0 Å². The van der Waals surface area contributed by atoms with E-state index in [0.29, 0.717) is 30.6 Å². The third-order valence-electron chi connectivity index (χ3n) is 6.40. The Hall–Kier alpha value is -3.80. The van der Waals surface area contributed by atoms with Crippen molar-refractivity contribution in [3.63, 3.8) is 0 Å². The quantitative estimate of drug-likeness (QED) is 0.569. The van der Waals surface area contributed by atoms with Crippen molar-refractivity contribution < 1.29 is 19.1 Å². The largest absolute Gasteiger partial charge is 0.497 e. The van der Waals surface area contributed by atoms with E-state index in [0.717, 1.165) is 35.7 Å². The number of carbonyl (C=O) groups is 2. The normalized spacial score (nSPS) is 17.8. The lowest BCUT2D eigenvalue weighted by molar-refractivity contribution is 0.0252. The Labute approximate surface area is 193 Å². The summed E-state index contributed by atoms with van der Waals surface area (Å²) in [5, 5.41) is 0. The van der Waals surface area contributed by atoms with Crippen molar-refractivity contribution >= 4 is 17.6 Å². The standard InChI is InChI=1S/C27H26N2O4/c1-32-23-10-8-22(9-11-23)28-13-15-29(16-14-28)26(30)20-7-12-24-21(17-20)18-25(33-27(24)31)19-5-3-2-4-6-19/h2-12,17,25H,13-16,18H2,1H3/t25-/m0/s1. The number of fused-ring (bicyclic) bond motifs is 1. The second-order valence-corrected chi connectivity index (χ2v) is 8.36. The van der Waals surface area contributed by atoms with E-state index in [1.165, 1.54) is 0 Å². The van der Waals surface area contributed by atoms with Gasteiger partial charge in [0.05, 0.1) is 12.7 Å². The second-order valence-electron chi connectivity index (χ2n) is 8.36. The number of carbonyl (C=O) groups excluding carboxylic acids is 2. The molecule has 6 nitrogen and oxygen atoms in total. The fourth-order valence-corrected chi connectivity index (χ4v) is 4.53. The molecule has 1 atom stereocenters. The van der Waals surface area contributed by atoms with Crippen LogP contribution in [0, 0.1) is 0 Å². The molecular formula is C27H26N2O4. The van der Waals surface area contributed by atoms with E-state index in [-0.39, 0.29) is 18.0 Å². The molecule has 1 amide bonds. The van der Waals surface area contributed by atoms with Gasteiger partial charge < -0.3 is 19.3 Å². The molecule has 1 saturated heterocycles. The van der Waals surface area contributed by atoms with Crippen LogP contribution in [-0.2, 0) is 11.2 Å². The van der Waals surface area contributed by atoms with Crippen LogP contribution in [0.4, 0.5) is 5.69 Å². The van der Waals surface area contributed by atoms with Gasteiger partial charge in [-0.2, -0.15) is 0 Å². The van der Waals surface area contributed by atoms with Gasteiger partial charge in [-0.3, -0.25) is 4.79 Å². The van der Waals surface area contributed by atoms with E-state index < -0.39 is 0 Å². The molecule has 0 N–H and O–H groups in total. The van der Waals surface area contributed by atoms with Crippen molar-refractivity contribution in [2.45, 2.75) is 12.5 Å². The molecule has 0 unspecified atom stereocenters. The predicted octanol–water partition coefficient (Wildman–Crippen LogP) is 4.11. The number of methoxy groups -OCH3 is 1. The molecular weight excluding hydrogens is 416 g/mol. The average Bonchev–Trinajstić information content (AvgIpc) is 2.88.